The smallest absolute Gasteiger partial charge is 0.257 e. The van der Waals surface area contributed by atoms with Crippen molar-refractivity contribution in [1.29, 1.82) is 0 Å². The highest BCUT2D eigenvalue weighted by atomic mass is 35.5. The van der Waals surface area contributed by atoms with Crippen LogP contribution < -0.4 is 0 Å². The number of benzene rings is 1. The van der Waals surface area contributed by atoms with Gasteiger partial charge < -0.3 is 4.90 Å². The van der Waals surface area contributed by atoms with E-state index in [1.54, 1.807) is 10.9 Å². The van der Waals surface area contributed by atoms with Gasteiger partial charge in [0.15, 0.2) is 0 Å². The second kappa shape index (κ2) is 6.98. The molecule has 0 unspecified atom stereocenters. The van der Waals surface area contributed by atoms with E-state index in [0.717, 1.165) is 24.2 Å². The fourth-order valence-corrected chi connectivity index (χ4v) is 3.82. The first kappa shape index (κ1) is 17.0. The lowest BCUT2D eigenvalue weighted by atomic mass is 10.1. The standard InChI is InChI=1S/C19H24ClN3O/c1-13(2)22(16-8-4-5-9-16)19(24)18-12-21-23(14(18)3)17-10-6-7-15(20)11-17/h6-7,10-13,16H,4-5,8-9H2,1-3H3. The predicted molar refractivity (Wildman–Crippen MR) is 96.9 cm³/mol. The van der Waals surface area contributed by atoms with Gasteiger partial charge in [0.2, 0.25) is 0 Å². The van der Waals surface area contributed by atoms with Crippen LogP contribution in [0.2, 0.25) is 5.02 Å². The Hall–Kier alpha value is -1.81. The van der Waals surface area contributed by atoms with Gasteiger partial charge in [0.1, 0.15) is 0 Å². The van der Waals surface area contributed by atoms with Crippen molar-refractivity contribution in [2.45, 2.75) is 58.5 Å². The van der Waals surface area contributed by atoms with Crippen molar-refractivity contribution in [3.05, 3.63) is 46.7 Å². The van der Waals surface area contributed by atoms with Gasteiger partial charge >= 0.3 is 0 Å². The molecule has 1 aromatic heterocycles. The number of hydrogen-bond acceptors (Lipinski definition) is 2. The summed E-state index contributed by atoms with van der Waals surface area (Å²) in [5, 5.41) is 5.08. The van der Waals surface area contributed by atoms with Gasteiger partial charge in [0, 0.05) is 17.1 Å². The van der Waals surface area contributed by atoms with Gasteiger partial charge in [0.05, 0.1) is 23.1 Å². The summed E-state index contributed by atoms with van der Waals surface area (Å²) in [6.45, 7) is 6.12. The largest absolute Gasteiger partial charge is 0.333 e. The first-order valence-corrected chi connectivity index (χ1v) is 9.00. The zero-order valence-corrected chi connectivity index (χ0v) is 15.3. The Bertz CT molecular complexity index is 732. The minimum absolute atomic E-state index is 0.0858. The molecule has 2 aromatic rings. The van der Waals surface area contributed by atoms with Crippen molar-refractivity contribution in [3.8, 4) is 5.69 Å². The van der Waals surface area contributed by atoms with E-state index in [1.807, 2.05) is 36.1 Å². The molecule has 1 aliphatic rings. The van der Waals surface area contributed by atoms with Gasteiger partial charge in [-0.1, -0.05) is 30.5 Å². The Morgan fingerprint density at radius 3 is 2.67 bits per heavy atom. The van der Waals surface area contributed by atoms with Crippen molar-refractivity contribution in [2.75, 3.05) is 0 Å². The number of nitrogens with zero attached hydrogens (tertiary/aromatic N) is 3. The monoisotopic (exact) mass is 345 g/mol. The predicted octanol–water partition coefficient (Wildman–Crippen LogP) is 4.63. The lowest BCUT2D eigenvalue weighted by Crippen LogP contribution is -2.43. The van der Waals surface area contributed by atoms with Crippen LogP contribution in [0.1, 0.15) is 55.6 Å². The molecule has 0 aliphatic heterocycles. The van der Waals surface area contributed by atoms with Crippen molar-refractivity contribution in [3.63, 3.8) is 0 Å². The Balaban J connectivity index is 1.93. The normalized spacial score (nSPS) is 15.2. The second-order valence-electron chi connectivity index (χ2n) is 6.78. The summed E-state index contributed by atoms with van der Waals surface area (Å²) < 4.78 is 1.78. The molecule has 1 fully saturated rings. The minimum Gasteiger partial charge on any atom is -0.333 e. The molecule has 4 nitrogen and oxygen atoms in total. The fourth-order valence-electron chi connectivity index (χ4n) is 3.63. The van der Waals surface area contributed by atoms with Gasteiger partial charge in [-0.25, -0.2) is 4.68 Å². The van der Waals surface area contributed by atoms with E-state index in [4.69, 9.17) is 11.6 Å². The highest BCUT2D eigenvalue weighted by Crippen LogP contribution is 2.28. The maximum Gasteiger partial charge on any atom is 0.257 e. The molecule has 0 bridgehead atoms. The molecule has 1 heterocycles. The number of amides is 1. The zero-order chi connectivity index (χ0) is 17.3. The van der Waals surface area contributed by atoms with Crippen LogP contribution in [0.3, 0.4) is 0 Å². The van der Waals surface area contributed by atoms with Crippen LogP contribution in [-0.2, 0) is 0 Å². The number of halogens is 1. The molecule has 0 atom stereocenters. The number of carbonyl (C=O) groups is 1. The van der Waals surface area contributed by atoms with Gasteiger partial charge in [-0.3, -0.25) is 4.79 Å². The molecule has 1 aromatic carbocycles. The highest BCUT2D eigenvalue weighted by Gasteiger charge is 2.31. The molecule has 0 radical (unpaired) electrons. The Labute approximate surface area is 148 Å². The molecule has 0 N–H and O–H groups in total. The Morgan fingerprint density at radius 2 is 2.04 bits per heavy atom. The van der Waals surface area contributed by atoms with Crippen molar-refractivity contribution >= 4 is 17.5 Å². The van der Waals surface area contributed by atoms with E-state index in [-0.39, 0.29) is 11.9 Å². The van der Waals surface area contributed by atoms with Crippen LogP contribution in [-0.4, -0.2) is 32.7 Å². The minimum atomic E-state index is 0.0858. The van der Waals surface area contributed by atoms with Gasteiger partial charge in [-0.05, 0) is 51.8 Å². The third kappa shape index (κ3) is 3.20. The van der Waals surface area contributed by atoms with E-state index in [2.05, 4.69) is 18.9 Å². The van der Waals surface area contributed by atoms with Gasteiger partial charge in [0.25, 0.3) is 5.91 Å². The molecule has 5 heteroatoms. The first-order valence-electron chi connectivity index (χ1n) is 8.62. The lowest BCUT2D eigenvalue weighted by Gasteiger charge is -2.32. The highest BCUT2D eigenvalue weighted by molar-refractivity contribution is 6.30. The summed E-state index contributed by atoms with van der Waals surface area (Å²) in [7, 11) is 0. The molecule has 24 heavy (non-hydrogen) atoms. The summed E-state index contributed by atoms with van der Waals surface area (Å²) in [6, 6.07) is 8.06. The molecule has 0 saturated heterocycles. The SMILES string of the molecule is Cc1c(C(=O)N(C(C)C)C2CCCC2)cnn1-c1cccc(Cl)c1. The summed E-state index contributed by atoms with van der Waals surface area (Å²) in [5.74, 6) is 0.0858. The van der Waals surface area contributed by atoms with E-state index in [9.17, 15) is 4.79 Å². The van der Waals surface area contributed by atoms with E-state index in [1.165, 1.54) is 12.8 Å². The van der Waals surface area contributed by atoms with Crippen LogP contribution in [0.4, 0.5) is 0 Å². The Morgan fingerprint density at radius 1 is 1.33 bits per heavy atom. The van der Waals surface area contributed by atoms with Gasteiger partial charge in [-0.2, -0.15) is 5.10 Å². The number of aromatic nitrogens is 2. The summed E-state index contributed by atoms with van der Waals surface area (Å²) in [4.78, 5) is 15.2. The van der Waals surface area contributed by atoms with Crippen molar-refractivity contribution < 1.29 is 4.79 Å². The van der Waals surface area contributed by atoms with Crippen LogP contribution in [0.25, 0.3) is 5.69 Å². The maximum atomic E-state index is 13.2. The molecule has 1 saturated carbocycles. The van der Waals surface area contributed by atoms with Crippen molar-refractivity contribution in [2.24, 2.45) is 0 Å². The van der Waals surface area contributed by atoms with Crippen LogP contribution in [0.5, 0.6) is 0 Å². The molecule has 3 rings (SSSR count). The summed E-state index contributed by atoms with van der Waals surface area (Å²) in [6.07, 6.45) is 6.31. The molecular formula is C19H24ClN3O. The zero-order valence-electron chi connectivity index (χ0n) is 14.5. The van der Waals surface area contributed by atoms with Crippen LogP contribution >= 0.6 is 11.6 Å². The number of carbonyl (C=O) groups excluding carboxylic acids is 1. The molecule has 0 spiro atoms. The van der Waals surface area contributed by atoms with Crippen molar-refractivity contribution in [1.82, 2.24) is 14.7 Å². The van der Waals surface area contributed by atoms with Crippen LogP contribution in [0.15, 0.2) is 30.5 Å². The van der Waals surface area contributed by atoms with E-state index < -0.39 is 0 Å². The van der Waals surface area contributed by atoms with Crippen LogP contribution in [0, 0.1) is 6.92 Å². The third-order valence-corrected chi connectivity index (χ3v) is 5.04. The Kier molecular flexibility index (Phi) is 4.95. The second-order valence-corrected chi connectivity index (χ2v) is 7.22. The molecular weight excluding hydrogens is 322 g/mol. The van der Waals surface area contributed by atoms with E-state index in [0.29, 0.717) is 16.6 Å². The fraction of sp³-hybridized carbons (Fsp3) is 0.474. The van der Waals surface area contributed by atoms with E-state index >= 15 is 0 Å². The summed E-state index contributed by atoms with van der Waals surface area (Å²) in [5.41, 5.74) is 2.40. The number of hydrogen-bond donors (Lipinski definition) is 0. The maximum absolute atomic E-state index is 13.2. The summed E-state index contributed by atoms with van der Waals surface area (Å²) >= 11 is 6.08. The average Bonchev–Trinajstić information content (AvgIpc) is 3.17. The quantitative estimate of drug-likeness (QED) is 0.810. The number of rotatable bonds is 4. The third-order valence-electron chi connectivity index (χ3n) is 4.80. The molecule has 1 amide bonds. The molecule has 1 aliphatic carbocycles. The lowest BCUT2D eigenvalue weighted by molar-refractivity contribution is 0.0612. The first-order chi connectivity index (χ1) is 11.5. The molecule has 128 valence electrons. The average molecular weight is 346 g/mol. The van der Waals surface area contributed by atoms with Gasteiger partial charge in [-0.15, -0.1) is 0 Å². The topological polar surface area (TPSA) is 38.1 Å².